The normalized spacial score (nSPS) is 25.6. The van der Waals surface area contributed by atoms with Crippen molar-refractivity contribution in [3.05, 3.63) is 12.2 Å². The van der Waals surface area contributed by atoms with Crippen molar-refractivity contribution in [1.29, 1.82) is 0 Å². The van der Waals surface area contributed by atoms with Crippen LogP contribution in [0.1, 0.15) is 45.4 Å². The van der Waals surface area contributed by atoms with E-state index >= 15 is 0 Å². The number of hydrogen-bond acceptors (Lipinski definition) is 1. The van der Waals surface area contributed by atoms with Crippen molar-refractivity contribution >= 4 is 5.78 Å². The first-order valence-electron chi connectivity index (χ1n) is 6.04. The van der Waals surface area contributed by atoms with Gasteiger partial charge in [0.1, 0.15) is 5.78 Å². The number of halogens is 3. The van der Waals surface area contributed by atoms with E-state index < -0.39 is 18.0 Å². The van der Waals surface area contributed by atoms with E-state index in [0.29, 0.717) is 25.7 Å². The Balaban J connectivity index is 2.49. The molecule has 0 aliphatic heterocycles. The summed E-state index contributed by atoms with van der Waals surface area (Å²) in [5, 5.41) is 0. The van der Waals surface area contributed by atoms with Crippen molar-refractivity contribution in [3.63, 3.8) is 0 Å². The van der Waals surface area contributed by atoms with Gasteiger partial charge in [-0.05, 0) is 32.6 Å². The quantitative estimate of drug-likeness (QED) is 0.679. The fourth-order valence-corrected chi connectivity index (χ4v) is 2.32. The summed E-state index contributed by atoms with van der Waals surface area (Å²) in [7, 11) is 0. The van der Waals surface area contributed by atoms with Crippen LogP contribution in [0.2, 0.25) is 0 Å². The molecule has 0 aromatic carbocycles. The molecule has 0 amide bonds. The Bertz CT molecular complexity index is 294. The lowest BCUT2D eigenvalue weighted by molar-refractivity contribution is -0.186. The number of allylic oxidation sites excluding steroid dienone is 1. The van der Waals surface area contributed by atoms with E-state index in [1.54, 1.807) is 0 Å². The van der Waals surface area contributed by atoms with E-state index in [1.165, 1.54) is 0 Å². The first-order chi connectivity index (χ1) is 7.80. The van der Waals surface area contributed by atoms with E-state index in [4.69, 9.17) is 0 Å². The zero-order chi connectivity index (χ0) is 13.1. The number of carbonyl (C=O) groups is 1. The summed E-state index contributed by atoms with van der Waals surface area (Å²) in [6, 6.07) is 0. The van der Waals surface area contributed by atoms with Gasteiger partial charge < -0.3 is 0 Å². The fraction of sp³-hybridized carbons (Fsp3) is 0.769. The molecule has 0 spiro atoms. The van der Waals surface area contributed by atoms with E-state index in [-0.39, 0.29) is 18.6 Å². The second-order valence-electron chi connectivity index (χ2n) is 5.03. The summed E-state index contributed by atoms with van der Waals surface area (Å²) in [6.45, 7) is 5.52. The molecule has 2 atom stereocenters. The van der Waals surface area contributed by atoms with Crippen LogP contribution in [0.5, 0.6) is 0 Å². The van der Waals surface area contributed by atoms with Crippen molar-refractivity contribution in [1.82, 2.24) is 0 Å². The van der Waals surface area contributed by atoms with Crippen LogP contribution in [0, 0.1) is 11.8 Å². The largest absolute Gasteiger partial charge is 0.391 e. The van der Waals surface area contributed by atoms with E-state index in [1.807, 2.05) is 6.92 Å². The molecule has 2 unspecified atom stereocenters. The molecule has 1 aliphatic rings. The third-order valence-corrected chi connectivity index (χ3v) is 3.39. The summed E-state index contributed by atoms with van der Waals surface area (Å²) in [5.74, 6) is -1.70. The second-order valence-corrected chi connectivity index (χ2v) is 5.03. The topological polar surface area (TPSA) is 17.1 Å². The lowest BCUT2D eigenvalue weighted by atomic mass is 9.78. The third kappa shape index (κ3) is 4.52. The van der Waals surface area contributed by atoms with Crippen molar-refractivity contribution in [2.75, 3.05) is 0 Å². The number of carbonyl (C=O) groups excluding carboxylic acids is 1. The molecule has 0 aromatic heterocycles. The Morgan fingerprint density at radius 3 is 2.47 bits per heavy atom. The summed E-state index contributed by atoms with van der Waals surface area (Å²) < 4.78 is 37.7. The molecule has 17 heavy (non-hydrogen) atoms. The van der Waals surface area contributed by atoms with Crippen molar-refractivity contribution in [2.24, 2.45) is 11.8 Å². The predicted octanol–water partition coefficient (Wildman–Crippen LogP) is 4.28. The highest BCUT2D eigenvalue weighted by molar-refractivity contribution is 5.81. The van der Waals surface area contributed by atoms with Crippen LogP contribution in [-0.2, 0) is 4.79 Å². The van der Waals surface area contributed by atoms with Crippen LogP contribution < -0.4 is 0 Å². The van der Waals surface area contributed by atoms with Crippen LogP contribution >= 0.6 is 0 Å². The average molecular weight is 248 g/mol. The summed E-state index contributed by atoms with van der Waals surface area (Å²) >= 11 is 0. The highest BCUT2D eigenvalue weighted by Gasteiger charge is 2.43. The molecule has 0 N–H and O–H groups in total. The number of ketones is 1. The Kier molecular flexibility index (Phi) is 4.78. The van der Waals surface area contributed by atoms with E-state index in [2.05, 4.69) is 6.58 Å². The highest BCUT2D eigenvalue weighted by atomic mass is 19.4. The monoisotopic (exact) mass is 248 g/mol. The van der Waals surface area contributed by atoms with Crippen molar-refractivity contribution < 1.29 is 18.0 Å². The molecule has 0 heterocycles. The maximum absolute atomic E-state index is 12.6. The van der Waals surface area contributed by atoms with Gasteiger partial charge in [0.25, 0.3) is 0 Å². The summed E-state index contributed by atoms with van der Waals surface area (Å²) in [5.41, 5.74) is 0.904. The molecule has 1 rings (SSSR count). The molecule has 98 valence electrons. The highest BCUT2D eigenvalue weighted by Crippen LogP contribution is 2.40. The zero-order valence-corrected chi connectivity index (χ0v) is 10.1. The Labute approximate surface area is 100 Å². The van der Waals surface area contributed by atoms with Gasteiger partial charge in [0.05, 0.1) is 5.92 Å². The van der Waals surface area contributed by atoms with Crippen molar-refractivity contribution in [3.8, 4) is 0 Å². The van der Waals surface area contributed by atoms with Gasteiger partial charge >= 0.3 is 6.18 Å². The molecule has 1 saturated carbocycles. The minimum atomic E-state index is -4.15. The van der Waals surface area contributed by atoms with Gasteiger partial charge in [-0.25, -0.2) is 0 Å². The standard InChI is InChI=1S/C13H19F3O/c1-9(2)6-7-12(17)10-4-3-5-11(8-10)13(14,15)16/h10-11H,1,3-8H2,2H3. The van der Waals surface area contributed by atoms with E-state index in [9.17, 15) is 18.0 Å². The molecule has 0 saturated heterocycles. The smallest absolute Gasteiger partial charge is 0.299 e. The van der Waals surface area contributed by atoms with Crippen LogP contribution in [-0.4, -0.2) is 12.0 Å². The Morgan fingerprint density at radius 2 is 1.94 bits per heavy atom. The number of rotatable bonds is 4. The molecule has 4 heteroatoms. The molecular formula is C13H19F3O. The maximum atomic E-state index is 12.6. The number of alkyl halides is 3. The van der Waals surface area contributed by atoms with E-state index in [0.717, 1.165) is 5.57 Å². The first kappa shape index (κ1) is 14.3. The number of Topliss-reactive ketones (excluding diaryl/α,β-unsaturated/α-hetero) is 1. The van der Waals surface area contributed by atoms with Gasteiger partial charge in [-0.2, -0.15) is 13.2 Å². The van der Waals surface area contributed by atoms with Crippen molar-refractivity contribution in [2.45, 2.75) is 51.6 Å². The zero-order valence-electron chi connectivity index (χ0n) is 10.1. The molecule has 1 nitrogen and oxygen atoms in total. The van der Waals surface area contributed by atoms with Crippen LogP contribution in [0.25, 0.3) is 0 Å². The molecule has 0 bridgehead atoms. The average Bonchev–Trinajstić information content (AvgIpc) is 2.25. The summed E-state index contributed by atoms with van der Waals surface area (Å²) in [4.78, 5) is 11.8. The minimum Gasteiger partial charge on any atom is -0.299 e. The van der Waals surface area contributed by atoms with Gasteiger partial charge in [0, 0.05) is 12.3 Å². The predicted molar refractivity (Wildman–Crippen MR) is 60.6 cm³/mol. The molecule has 0 radical (unpaired) electrons. The third-order valence-electron chi connectivity index (χ3n) is 3.39. The summed E-state index contributed by atoms with van der Waals surface area (Å²) in [6.07, 6.45) is -1.94. The second kappa shape index (κ2) is 5.69. The van der Waals surface area contributed by atoms with Gasteiger partial charge in [-0.1, -0.05) is 12.0 Å². The lowest BCUT2D eigenvalue weighted by Crippen LogP contribution is -2.31. The van der Waals surface area contributed by atoms with Gasteiger partial charge in [0.2, 0.25) is 0 Å². The first-order valence-corrected chi connectivity index (χ1v) is 6.04. The van der Waals surface area contributed by atoms with Crippen LogP contribution in [0.15, 0.2) is 12.2 Å². The minimum absolute atomic E-state index is 0.0154. The molecule has 1 fully saturated rings. The number of hydrogen-bond donors (Lipinski definition) is 0. The van der Waals surface area contributed by atoms with Crippen LogP contribution in [0.3, 0.4) is 0 Å². The lowest BCUT2D eigenvalue weighted by Gasteiger charge is -2.29. The SMILES string of the molecule is C=C(C)CCC(=O)C1CCCC(C(F)(F)F)C1. The molecule has 0 aromatic rings. The Morgan fingerprint density at radius 1 is 1.29 bits per heavy atom. The van der Waals surface area contributed by atoms with Crippen LogP contribution in [0.4, 0.5) is 13.2 Å². The molecular weight excluding hydrogens is 229 g/mol. The maximum Gasteiger partial charge on any atom is 0.391 e. The molecule has 1 aliphatic carbocycles. The van der Waals surface area contributed by atoms with Gasteiger partial charge in [-0.15, -0.1) is 6.58 Å². The van der Waals surface area contributed by atoms with Gasteiger partial charge in [0.15, 0.2) is 0 Å². The fourth-order valence-electron chi connectivity index (χ4n) is 2.32. The van der Waals surface area contributed by atoms with Gasteiger partial charge in [-0.3, -0.25) is 4.79 Å². The Hall–Kier alpha value is -0.800.